The van der Waals surface area contributed by atoms with Gasteiger partial charge >= 0.3 is 0 Å². The molecule has 142 valence electrons. The third-order valence-corrected chi connectivity index (χ3v) is 5.45. The lowest BCUT2D eigenvalue weighted by atomic mass is 10.0. The SMILES string of the molecule is Cc1c(Cl)cccc1Nc1ncc(C(=O)N2CCC3(CC2)OCCO3)cn1. The normalized spacial score (nSPS) is 18.7. The number of halogens is 1. The number of ether oxygens (including phenoxy) is 2. The molecule has 0 atom stereocenters. The number of nitrogens with one attached hydrogen (secondary N) is 1. The van der Waals surface area contributed by atoms with Crippen LogP contribution in [0.3, 0.4) is 0 Å². The van der Waals surface area contributed by atoms with Gasteiger partial charge in [-0.1, -0.05) is 17.7 Å². The highest BCUT2D eigenvalue weighted by Crippen LogP contribution is 2.31. The summed E-state index contributed by atoms with van der Waals surface area (Å²) in [6.07, 6.45) is 4.47. The van der Waals surface area contributed by atoms with E-state index in [2.05, 4.69) is 15.3 Å². The molecule has 2 fully saturated rings. The van der Waals surface area contributed by atoms with Crippen LogP contribution in [0.5, 0.6) is 0 Å². The summed E-state index contributed by atoms with van der Waals surface area (Å²) >= 11 is 6.13. The molecule has 0 radical (unpaired) electrons. The molecule has 3 heterocycles. The van der Waals surface area contributed by atoms with Gasteiger partial charge in [-0.2, -0.15) is 0 Å². The Morgan fingerprint density at radius 1 is 1.19 bits per heavy atom. The first kappa shape index (κ1) is 18.2. The highest BCUT2D eigenvalue weighted by molar-refractivity contribution is 6.31. The number of rotatable bonds is 3. The smallest absolute Gasteiger partial charge is 0.256 e. The lowest BCUT2D eigenvalue weighted by Crippen LogP contribution is -2.47. The van der Waals surface area contributed by atoms with Crippen molar-refractivity contribution >= 4 is 29.1 Å². The Morgan fingerprint density at radius 3 is 2.52 bits per heavy atom. The first-order valence-corrected chi connectivity index (χ1v) is 9.35. The van der Waals surface area contributed by atoms with Gasteiger partial charge in [-0.25, -0.2) is 9.97 Å². The van der Waals surface area contributed by atoms with Crippen LogP contribution >= 0.6 is 11.6 Å². The van der Waals surface area contributed by atoms with E-state index < -0.39 is 5.79 Å². The molecule has 1 aromatic heterocycles. The molecule has 1 spiro atoms. The number of carbonyl (C=O) groups excluding carboxylic acids is 1. The molecule has 2 saturated heterocycles. The molecule has 1 N–H and O–H groups in total. The summed E-state index contributed by atoms with van der Waals surface area (Å²) in [6.45, 7) is 4.37. The maximum absolute atomic E-state index is 12.7. The van der Waals surface area contributed by atoms with Crippen LogP contribution < -0.4 is 5.32 Å². The van der Waals surface area contributed by atoms with Gasteiger partial charge in [-0.15, -0.1) is 0 Å². The van der Waals surface area contributed by atoms with Crippen molar-refractivity contribution in [3.8, 4) is 0 Å². The summed E-state index contributed by atoms with van der Waals surface area (Å²) in [5.41, 5.74) is 2.22. The van der Waals surface area contributed by atoms with Crippen LogP contribution in [0, 0.1) is 6.92 Å². The highest BCUT2D eigenvalue weighted by Gasteiger charge is 2.40. The minimum absolute atomic E-state index is 0.0756. The lowest BCUT2D eigenvalue weighted by Gasteiger charge is -2.37. The largest absolute Gasteiger partial charge is 0.347 e. The number of piperidine rings is 1. The van der Waals surface area contributed by atoms with Crippen molar-refractivity contribution in [3.05, 3.63) is 46.7 Å². The van der Waals surface area contributed by atoms with Crippen LogP contribution in [0.2, 0.25) is 5.02 Å². The minimum atomic E-state index is -0.490. The zero-order valence-electron chi connectivity index (χ0n) is 15.1. The number of hydrogen-bond donors (Lipinski definition) is 1. The van der Waals surface area contributed by atoms with E-state index in [9.17, 15) is 4.79 Å². The minimum Gasteiger partial charge on any atom is -0.347 e. The van der Waals surface area contributed by atoms with Gasteiger partial charge in [0.05, 0.1) is 18.8 Å². The third kappa shape index (κ3) is 3.76. The van der Waals surface area contributed by atoms with Crippen molar-refractivity contribution in [2.45, 2.75) is 25.6 Å². The van der Waals surface area contributed by atoms with Crippen LogP contribution in [0.25, 0.3) is 0 Å². The Labute approximate surface area is 162 Å². The quantitative estimate of drug-likeness (QED) is 0.870. The number of likely N-dealkylation sites (tertiary alicyclic amines) is 1. The Balaban J connectivity index is 1.40. The highest BCUT2D eigenvalue weighted by atomic mass is 35.5. The fraction of sp³-hybridized carbons (Fsp3) is 0.421. The molecule has 1 aromatic carbocycles. The predicted octanol–water partition coefficient (Wildman–Crippen LogP) is 3.16. The molecule has 7 nitrogen and oxygen atoms in total. The van der Waals surface area contributed by atoms with Gasteiger partial charge < -0.3 is 19.7 Å². The Kier molecular flexibility index (Phi) is 4.99. The summed E-state index contributed by atoms with van der Waals surface area (Å²) in [7, 11) is 0. The maximum Gasteiger partial charge on any atom is 0.256 e. The van der Waals surface area contributed by atoms with E-state index in [4.69, 9.17) is 21.1 Å². The van der Waals surface area contributed by atoms with Gasteiger partial charge in [0, 0.05) is 49.0 Å². The van der Waals surface area contributed by atoms with Gasteiger partial charge in [-0.3, -0.25) is 4.79 Å². The number of benzene rings is 1. The van der Waals surface area contributed by atoms with Crippen LogP contribution in [0.4, 0.5) is 11.6 Å². The van der Waals surface area contributed by atoms with Crippen molar-refractivity contribution in [1.82, 2.24) is 14.9 Å². The van der Waals surface area contributed by atoms with Crippen molar-refractivity contribution in [3.63, 3.8) is 0 Å². The van der Waals surface area contributed by atoms with E-state index in [1.54, 1.807) is 17.3 Å². The third-order valence-electron chi connectivity index (χ3n) is 5.04. The number of carbonyl (C=O) groups is 1. The predicted molar refractivity (Wildman–Crippen MR) is 101 cm³/mol. The van der Waals surface area contributed by atoms with E-state index in [1.165, 1.54) is 0 Å². The number of nitrogens with zero attached hydrogens (tertiary/aromatic N) is 3. The van der Waals surface area contributed by atoms with Crippen molar-refractivity contribution in [1.29, 1.82) is 0 Å². The molecule has 0 aliphatic carbocycles. The van der Waals surface area contributed by atoms with Gasteiger partial charge in [0.15, 0.2) is 5.79 Å². The number of amides is 1. The average Bonchev–Trinajstić information content (AvgIpc) is 3.14. The monoisotopic (exact) mass is 388 g/mol. The van der Waals surface area contributed by atoms with Crippen LogP contribution in [0.15, 0.2) is 30.6 Å². The molecule has 2 aliphatic heterocycles. The van der Waals surface area contributed by atoms with Gasteiger partial charge in [0.1, 0.15) is 0 Å². The fourth-order valence-corrected chi connectivity index (χ4v) is 3.56. The first-order valence-electron chi connectivity index (χ1n) is 8.98. The summed E-state index contributed by atoms with van der Waals surface area (Å²) in [5.74, 6) is -0.147. The van der Waals surface area contributed by atoms with E-state index in [0.717, 1.165) is 11.3 Å². The van der Waals surface area contributed by atoms with Crippen molar-refractivity contribution in [2.75, 3.05) is 31.6 Å². The molecular weight excluding hydrogens is 368 g/mol. The molecule has 2 aliphatic rings. The van der Waals surface area contributed by atoms with Crippen LogP contribution in [-0.4, -0.2) is 52.9 Å². The topological polar surface area (TPSA) is 76.6 Å². The van der Waals surface area contributed by atoms with E-state index in [1.807, 2.05) is 25.1 Å². The molecule has 2 aromatic rings. The summed E-state index contributed by atoms with van der Waals surface area (Å²) in [5, 5.41) is 3.80. The molecule has 8 heteroatoms. The second-order valence-corrected chi connectivity index (χ2v) is 7.14. The first-order chi connectivity index (χ1) is 13.1. The Bertz CT molecular complexity index is 827. The van der Waals surface area contributed by atoms with E-state index >= 15 is 0 Å². The van der Waals surface area contributed by atoms with E-state index in [-0.39, 0.29) is 5.91 Å². The summed E-state index contributed by atoms with van der Waals surface area (Å²) < 4.78 is 11.4. The number of aromatic nitrogens is 2. The molecule has 1 amide bonds. The number of hydrogen-bond acceptors (Lipinski definition) is 6. The van der Waals surface area contributed by atoms with Crippen molar-refractivity contribution in [2.24, 2.45) is 0 Å². The van der Waals surface area contributed by atoms with Gasteiger partial charge in [0.2, 0.25) is 5.95 Å². The van der Waals surface area contributed by atoms with E-state index in [0.29, 0.717) is 55.7 Å². The zero-order chi connectivity index (χ0) is 18.9. The Morgan fingerprint density at radius 2 is 1.85 bits per heavy atom. The molecule has 27 heavy (non-hydrogen) atoms. The molecule has 4 rings (SSSR count). The Hall–Kier alpha value is -2.22. The fourth-order valence-electron chi connectivity index (χ4n) is 3.39. The lowest BCUT2D eigenvalue weighted by molar-refractivity contribution is -0.181. The molecule has 0 saturated carbocycles. The second kappa shape index (κ2) is 7.42. The standard InChI is InChI=1S/C19H21ClN4O3/c1-13-15(20)3-2-4-16(13)23-18-21-11-14(12-22-18)17(25)24-7-5-19(6-8-24)26-9-10-27-19/h2-4,11-12H,5-10H2,1H3,(H,21,22,23). The van der Waals surface area contributed by atoms with Crippen LogP contribution in [-0.2, 0) is 9.47 Å². The van der Waals surface area contributed by atoms with Crippen LogP contribution in [0.1, 0.15) is 28.8 Å². The molecular formula is C19H21ClN4O3. The van der Waals surface area contributed by atoms with Gasteiger partial charge in [0.25, 0.3) is 5.91 Å². The maximum atomic E-state index is 12.7. The van der Waals surface area contributed by atoms with Gasteiger partial charge in [-0.05, 0) is 24.6 Å². The molecule has 0 bridgehead atoms. The zero-order valence-corrected chi connectivity index (χ0v) is 15.8. The number of anilines is 2. The second-order valence-electron chi connectivity index (χ2n) is 6.73. The molecule has 0 unspecified atom stereocenters. The van der Waals surface area contributed by atoms with Crippen molar-refractivity contribution < 1.29 is 14.3 Å². The average molecular weight is 389 g/mol. The summed E-state index contributed by atoms with van der Waals surface area (Å²) in [6, 6.07) is 5.59. The summed E-state index contributed by atoms with van der Waals surface area (Å²) in [4.78, 5) is 23.0.